The fourth-order valence-electron chi connectivity index (χ4n) is 2.66. The van der Waals surface area contributed by atoms with Crippen LogP contribution in [0.2, 0.25) is 10.0 Å². The molecule has 0 spiro atoms. The maximum absolute atomic E-state index is 6.14. The van der Waals surface area contributed by atoms with Crippen LogP contribution in [-0.2, 0) is 0 Å². The Balaban J connectivity index is 2.16. The molecule has 3 unspecified atom stereocenters. The molecule has 18 heavy (non-hydrogen) atoms. The molecule has 1 N–H and O–H groups in total. The van der Waals surface area contributed by atoms with Crippen LogP contribution in [0.4, 0.5) is 0 Å². The molecule has 0 aromatic heterocycles. The summed E-state index contributed by atoms with van der Waals surface area (Å²) in [7, 11) is 2.00. The summed E-state index contributed by atoms with van der Waals surface area (Å²) in [5.41, 5.74) is 0.136. The first kappa shape index (κ1) is 14.0. The zero-order valence-electron chi connectivity index (χ0n) is 11.0. The van der Waals surface area contributed by atoms with E-state index >= 15 is 0 Å². The van der Waals surface area contributed by atoms with E-state index in [9.17, 15) is 0 Å². The lowest BCUT2D eigenvalue weighted by atomic mass is 9.61. The van der Waals surface area contributed by atoms with Gasteiger partial charge >= 0.3 is 0 Å². The van der Waals surface area contributed by atoms with E-state index in [2.05, 4.69) is 19.2 Å². The van der Waals surface area contributed by atoms with Gasteiger partial charge in [-0.2, -0.15) is 0 Å². The third-order valence-electron chi connectivity index (χ3n) is 4.27. The average molecular weight is 288 g/mol. The quantitative estimate of drug-likeness (QED) is 0.898. The van der Waals surface area contributed by atoms with Gasteiger partial charge in [-0.1, -0.05) is 43.1 Å². The first-order valence-electron chi connectivity index (χ1n) is 6.30. The molecule has 1 aromatic carbocycles. The van der Waals surface area contributed by atoms with Gasteiger partial charge in [0, 0.05) is 17.9 Å². The Kier molecular flexibility index (Phi) is 4.10. The highest BCUT2D eigenvalue weighted by Gasteiger charge is 2.51. The van der Waals surface area contributed by atoms with Crippen molar-refractivity contribution in [1.29, 1.82) is 0 Å². The highest BCUT2D eigenvalue weighted by molar-refractivity contribution is 6.37. The maximum Gasteiger partial charge on any atom is 0.156 e. The largest absolute Gasteiger partial charge is 0.487 e. The lowest BCUT2D eigenvalue weighted by Gasteiger charge is -2.53. The molecule has 4 heteroatoms. The Morgan fingerprint density at radius 1 is 1.39 bits per heavy atom. The summed E-state index contributed by atoms with van der Waals surface area (Å²) < 4.78 is 6.05. The van der Waals surface area contributed by atoms with Crippen LogP contribution in [0.25, 0.3) is 0 Å². The van der Waals surface area contributed by atoms with Gasteiger partial charge in [-0.3, -0.25) is 0 Å². The molecule has 1 saturated carbocycles. The summed E-state index contributed by atoms with van der Waals surface area (Å²) in [5.74, 6) is 0.611. The van der Waals surface area contributed by atoms with Gasteiger partial charge in [-0.25, -0.2) is 0 Å². The number of rotatable bonds is 4. The number of nitrogens with one attached hydrogen (secondary N) is 1. The van der Waals surface area contributed by atoms with Crippen molar-refractivity contribution in [3.63, 3.8) is 0 Å². The highest BCUT2D eigenvalue weighted by atomic mass is 35.5. The van der Waals surface area contributed by atoms with Crippen LogP contribution in [0.3, 0.4) is 0 Å². The molecule has 100 valence electrons. The van der Waals surface area contributed by atoms with Crippen LogP contribution in [0.15, 0.2) is 18.2 Å². The zero-order valence-corrected chi connectivity index (χ0v) is 12.5. The maximum atomic E-state index is 6.14. The number of para-hydroxylation sites is 1. The standard InChI is InChI=1S/C14H19Cl2NO/c1-4-14(2)11(17-3)8-12(14)18-13-9(15)6-5-7-10(13)16/h5-7,11-12,17H,4,8H2,1-3H3. The monoisotopic (exact) mass is 287 g/mol. The summed E-state index contributed by atoms with van der Waals surface area (Å²) in [4.78, 5) is 0. The van der Waals surface area contributed by atoms with Gasteiger partial charge in [0.15, 0.2) is 5.75 Å². The van der Waals surface area contributed by atoms with Crippen molar-refractivity contribution in [2.75, 3.05) is 7.05 Å². The Labute approximate surface area is 119 Å². The first-order chi connectivity index (χ1) is 8.52. The van der Waals surface area contributed by atoms with E-state index in [-0.39, 0.29) is 11.5 Å². The zero-order chi connectivity index (χ0) is 13.3. The van der Waals surface area contributed by atoms with Crippen molar-refractivity contribution in [2.45, 2.75) is 38.8 Å². The molecule has 0 saturated heterocycles. The summed E-state index contributed by atoms with van der Waals surface area (Å²) in [6.45, 7) is 4.43. The van der Waals surface area contributed by atoms with Crippen LogP contribution in [0, 0.1) is 5.41 Å². The Morgan fingerprint density at radius 2 is 2.00 bits per heavy atom. The predicted octanol–water partition coefficient (Wildman–Crippen LogP) is 4.15. The Bertz CT molecular complexity index is 418. The van der Waals surface area contributed by atoms with Gasteiger partial charge < -0.3 is 10.1 Å². The second-order valence-electron chi connectivity index (χ2n) is 5.09. The number of halogens is 2. The van der Waals surface area contributed by atoms with Crippen LogP contribution in [0.5, 0.6) is 5.75 Å². The van der Waals surface area contributed by atoms with Crippen molar-refractivity contribution in [1.82, 2.24) is 5.32 Å². The highest BCUT2D eigenvalue weighted by Crippen LogP contribution is 2.47. The summed E-state index contributed by atoms with van der Waals surface area (Å²) in [6, 6.07) is 5.93. The fraction of sp³-hybridized carbons (Fsp3) is 0.571. The second kappa shape index (κ2) is 5.28. The lowest BCUT2D eigenvalue weighted by molar-refractivity contribution is -0.0676. The van der Waals surface area contributed by atoms with Gasteiger partial charge in [0.25, 0.3) is 0 Å². The van der Waals surface area contributed by atoms with E-state index in [1.807, 2.05) is 13.1 Å². The van der Waals surface area contributed by atoms with Gasteiger partial charge in [0.05, 0.1) is 10.0 Å². The van der Waals surface area contributed by atoms with Gasteiger partial charge in [0.2, 0.25) is 0 Å². The van der Waals surface area contributed by atoms with Crippen LogP contribution < -0.4 is 10.1 Å². The van der Waals surface area contributed by atoms with Crippen molar-refractivity contribution < 1.29 is 4.74 Å². The predicted molar refractivity (Wildman–Crippen MR) is 76.7 cm³/mol. The third-order valence-corrected chi connectivity index (χ3v) is 4.87. The van der Waals surface area contributed by atoms with Crippen LogP contribution in [0.1, 0.15) is 26.7 Å². The number of benzene rings is 1. The molecule has 1 aromatic rings. The molecule has 0 bridgehead atoms. The minimum absolute atomic E-state index is 0.136. The molecule has 2 rings (SSSR count). The van der Waals surface area contributed by atoms with Gasteiger partial charge in [0.1, 0.15) is 6.10 Å². The van der Waals surface area contributed by atoms with E-state index < -0.39 is 0 Å². The van der Waals surface area contributed by atoms with Crippen molar-refractivity contribution in [3.05, 3.63) is 28.2 Å². The van der Waals surface area contributed by atoms with Crippen LogP contribution >= 0.6 is 23.2 Å². The SMILES string of the molecule is CCC1(C)C(NC)CC1Oc1c(Cl)cccc1Cl. The van der Waals surface area contributed by atoms with Crippen molar-refractivity contribution >= 4 is 23.2 Å². The number of hydrogen-bond donors (Lipinski definition) is 1. The van der Waals surface area contributed by atoms with Gasteiger partial charge in [-0.05, 0) is 25.6 Å². The topological polar surface area (TPSA) is 21.3 Å². The van der Waals surface area contributed by atoms with E-state index in [0.29, 0.717) is 21.8 Å². The molecule has 3 atom stereocenters. The third kappa shape index (κ3) is 2.22. The molecule has 0 heterocycles. The molecular formula is C14H19Cl2NO. The fourth-order valence-corrected chi connectivity index (χ4v) is 3.14. The average Bonchev–Trinajstić information content (AvgIpc) is 2.35. The molecule has 1 fully saturated rings. The minimum atomic E-state index is 0.136. The van der Waals surface area contributed by atoms with Crippen molar-refractivity contribution in [3.8, 4) is 5.75 Å². The Hall–Kier alpha value is -0.440. The van der Waals surface area contributed by atoms with Gasteiger partial charge in [-0.15, -0.1) is 0 Å². The van der Waals surface area contributed by atoms with E-state index in [0.717, 1.165) is 12.8 Å². The van der Waals surface area contributed by atoms with Crippen LogP contribution in [-0.4, -0.2) is 19.2 Å². The number of ether oxygens (including phenoxy) is 1. The molecule has 2 nitrogen and oxygen atoms in total. The molecule has 0 amide bonds. The number of hydrogen-bond acceptors (Lipinski definition) is 2. The van der Waals surface area contributed by atoms with E-state index in [1.54, 1.807) is 12.1 Å². The summed E-state index contributed by atoms with van der Waals surface area (Å²) in [6.07, 6.45) is 2.21. The van der Waals surface area contributed by atoms with E-state index in [4.69, 9.17) is 27.9 Å². The molecule has 1 aliphatic carbocycles. The molecule has 1 aliphatic rings. The normalized spacial score (nSPS) is 30.9. The minimum Gasteiger partial charge on any atom is -0.487 e. The lowest BCUT2D eigenvalue weighted by Crippen LogP contribution is -2.62. The smallest absolute Gasteiger partial charge is 0.156 e. The molecule has 0 aliphatic heterocycles. The summed E-state index contributed by atoms with van der Waals surface area (Å²) in [5, 5.41) is 4.50. The molecular weight excluding hydrogens is 269 g/mol. The summed E-state index contributed by atoms with van der Waals surface area (Å²) >= 11 is 12.3. The second-order valence-corrected chi connectivity index (χ2v) is 5.91. The first-order valence-corrected chi connectivity index (χ1v) is 7.06. The Morgan fingerprint density at radius 3 is 2.50 bits per heavy atom. The van der Waals surface area contributed by atoms with Crippen molar-refractivity contribution in [2.24, 2.45) is 5.41 Å². The van der Waals surface area contributed by atoms with E-state index in [1.165, 1.54) is 0 Å². The molecule has 0 radical (unpaired) electrons.